The van der Waals surface area contributed by atoms with Crippen molar-refractivity contribution in [1.82, 2.24) is 25.1 Å². The number of aryl methyl sites for hydroxylation is 1. The summed E-state index contributed by atoms with van der Waals surface area (Å²) in [4.78, 5) is 19.5. The molecule has 1 amide bonds. The summed E-state index contributed by atoms with van der Waals surface area (Å²) < 4.78 is 38.0. The second kappa shape index (κ2) is 7.81. The molecular weight excluding hydrogens is 339 g/mol. The first-order valence-electron chi connectivity index (χ1n) is 7.40. The summed E-state index contributed by atoms with van der Waals surface area (Å²) in [6.45, 7) is 1.81. The summed E-state index contributed by atoms with van der Waals surface area (Å²) in [7, 11) is 1.78. The van der Waals surface area contributed by atoms with E-state index in [1.807, 2.05) is 0 Å². The van der Waals surface area contributed by atoms with Crippen LogP contribution in [0.4, 0.5) is 30.6 Å². The molecule has 136 valence electrons. The molecule has 0 bridgehead atoms. The van der Waals surface area contributed by atoms with Gasteiger partial charge < -0.3 is 16.0 Å². The molecule has 0 aliphatic carbocycles. The smallest absolute Gasteiger partial charge is 0.368 e. The Balaban J connectivity index is 1.84. The molecule has 0 fully saturated rings. The van der Waals surface area contributed by atoms with Crippen LogP contribution in [-0.2, 0) is 11.8 Å². The number of amides is 1. The summed E-state index contributed by atoms with van der Waals surface area (Å²) in [6.07, 6.45) is -1.12. The fourth-order valence-corrected chi connectivity index (χ4v) is 1.95. The van der Waals surface area contributed by atoms with E-state index in [4.69, 9.17) is 0 Å². The lowest BCUT2D eigenvalue weighted by atomic mass is 10.3. The fraction of sp³-hybridized carbons (Fsp3) is 0.429. The maximum absolute atomic E-state index is 12.1. The van der Waals surface area contributed by atoms with E-state index in [0.717, 1.165) is 0 Å². The number of halogens is 3. The molecule has 11 heteroatoms. The second-order valence-corrected chi connectivity index (χ2v) is 5.43. The monoisotopic (exact) mass is 357 g/mol. The van der Waals surface area contributed by atoms with Crippen LogP contribution in [0.1, 0.15) is 13.3 Å². The zero-order valence-corrected chi connectivity index (χ0v) is 13.6. The first-order chi connectivity index (χ1) is 11.7. The average Bonchev–Trinajstić information content (AvgIpc) is 2.88. The molecule has 2 aromatic heterocycles. The van der Waals surface area contributed by atoms with Gasteiger partial charge in [0.05, 0.1) is 11.9 Å². The van der Waals surface area contributed by atoms with E-state index in [0.29, 0.717) is 17.5 Å². The van der Waals surface area contributed by atoms with Crippen LogP contribution in [0.25, 0.3) is 0 Å². The number of nitrogens with one attached hydrogen (secondary N) is 3. The van der Waals surface area contributed by atoms with Gasteiger partial charge in [0.15, 0.2) is 0 Å². The van der Waals surface area contributed by atoms with Crippen molar-refractivity contribution in [3.63, 3.8) is 0 Å². The molecule has 2 heterocycles. The number of rotatable bonds is 7. The Morgan fingerprint density at radius 2 is 2.16 bits per heavy atom. The highest BCUT2D eigenvalue weighted by molar-refractivity contribution is 5.76. The largest absolute Gasteiger partial charge is 0.397 e. The van der Waals surface area contributed by atoms with Crippen molar-refractivity contribution < 1.29 is 18.0 Å². The third-order valence-corrected chi connectivity index (χ3v) is 2.97. The van der Waals surface area contributed by atoms with Gasteiger partial charge in [-0.15, -0.1) is 0 Å². The number of carbonyl (C=O) groups is 1. The number of anilines is 3. The molecule has 0 saturated heterocycles. The van der Waals surface area contributed by atoms with E-state index in [1.165, 1.54) is 6.20 Å². The van der Waals surface area contributed by atoms with Crippen LogP contribution < -0.4 is 16.0 Å². The van der Waals surface area contributed by atoms with Crippen LogP contribution >= 0.6 is 0 Å². The molecule has 0 aliphatic heterocycles. The van der Waals surface area contributed by atoms with Gasteiger partial charge in [0.1, 0.15) is 12.2 Å². The molecule has 25 heavy (non-hydrogen) atoms. The maximum atomic E-state index is 12.1. The summed E-state index contributed by atoms with van der Waals surface area (Å²) in [6, 6.07) is 1.11. The van der Waals surface area contributed by atoms with Gasteiger partial charge >= 0.3 is 6.18 Å². The molecule has 0 unspecified atom stereocenters. The Kier molecular flexibility index (Phi) is 5.78. The van der Waals surface area contributed by atoms with Crippen molar-refractivity contribution in [3.05, 3.63) is 24.7 Å². The van der Waals surface area contributed by atoms with Gasteiger partial charge in [-0.05, 0) is 13.0 Å². The highest BCUT2D eigenvalue weighted by Gasteiger charge is 2.31. The number of aromatic nitrogens is 4. The van der Waals surface area contributed by atoms with E-state index >= 15 is 0 Å². The van der Waals surface area contributed by atoms with E-state index in [1.54, 1.807) is 37.1 Å². The van der Waals surface area contributed by atoms with Crippen molar-refractivity contribution in [2.75, 3.05) is 17.2 Å². The molecule has 0 saturated carbocycles. The average molecular weight is 357 g/mol. The van der Waals surface area contributed by atoms with E-state index in [-0.39, 0.29) is 6.54 Å². The number of alkyl halides is 3. The summed E-state index contributed by atoms with van der Waals surface area (Å²) >= 11 is 0. The second-order valence-electron chi connectivity index (χ2n) is 5.43. The highest BCUT2D eigenvalue weighted by atomic mass is 19.4. The quantitative estimate of drug-likeness (QED) is 0.699. The van der Waals surface area contributed by atoms with E-state index < -0.39 is 24.5 Å². The topological polar surface area (TPSA) is 96.8 Å². The van der Waals surface area contributed by atoms with Crippen LogP contribution in [0.3, 0.4) is 0 Å². The van der Waals surface area contributed by atoms with Crippen LogP contribution in [0.15, 0.2) is 24.7 Å². The predicted octanol–water partition coefficient (Wildman–Crippen LogP) is 1.82. The minimum Gasteiger partial charge on any atom is -0.368 e. The van der Waals surface area contributed by atoms with Gasteiger partial charge in [0.25, 0.3) is 0 Å². The van der Waals surface area contributed by atoms with Crippen molar-refractivity contribution in [1.29, 1.82) is 0 Å². The van der Waals surface area contributed by atoms with Crippen LogP contribution in [0.5, 0.6) is 0 Å². The molecule has 0 aliphatic rings. The maximum Gasteiger partial charge on any atom is 0.397 e. The molecule has 1 atom stereocenters. The van der Waals surface area contributed by atoms with Crippen molar-refractivity contribution >= 4 is 23.4 Å². The van der Waals surface area contributed by atoms with Gasteiger partial charge in [-0.25, -0.2) is 4.98 Å². The third-order valence-electron chi connectivity index (χ3n) is 2.97. The van der Waals surface area contributed by atoms with Crippen LogP contribution in [0, 0.1) is 0 Å². The lowest BCUT2D eigenvalue weighted by molar-refractivity contribution is -0.154. The molecular formula is C14H18F3N7O. The summed E-state index contributed by atoms with van der Waals surface area (Å²) in [5.41, 5.74) is 0.715. The van der Waals surface area contributed by atoms with Crippen molar-refractivity contribution in [3.8, 4) is 0 Å². The molecule has 2 rings (SSSR count). The molecule has 0 radical (unpaired) electrons. The lowest BCUT2D eigenvalue weighted by Gasteiger charge is -2.16. The zero-order chi connectivity index (χ0) is 18.4. The lowest BCUT2D eigenvalue weighted by Crippen LogP contribution is -2.39. The molecule has 3 N–H and O–H groups in total. The Morgan fingerprint density at radius 3 is 2.80 bits per heavy atom. The predicted molar refractivity (Wildman–Crippen MR) is 85.3 cm³/mol. The minimum absolute atomic E-state index is 0.215. The van der Waals surface area contributed by atoms with Gasteiger partial charge in [0.2, 0.25) is 11.9 Å². The Bertz CT molecular complexity index is 716. The van der Waals surface area contributed by atoms with Gasteiger partial charge in [-0.3, -0.25) is 9.48 Å². The van der Waals surface area contributed by atoms with Crippen LogP contribution in [-0.4, -0.2) is 44.4 Å². The zero-order valence-electron chi connectivity index (χ0n) is 13.6. The highest BCUT2D eigenvalue weighted by Crippen LogP contribution is 2.19. The Labute approximate surface area is 141 Å². The number of carbonyl (C=O) groups excluding carboxylic acids is 1. The molecule has 2 aromatic rings. The standard InChI is InChI=1S/C14H18F3N7O/c1-9(21-12(25)5-14(15,16)17)6-19-11-3-4-18-13(23-11)22-10-7-20-24(2)8-10/h3-4,7-9H,5-6H2,1-2H3,(H,21,25)(H2,18,19,22,23)/t9-/m1/s1. The summed E-state index contributed by atoms with van der Waals surface area (Å²) in [5.74, 6) is -0.256. The number of nitrogens with zero attached hydrogens (tertiary/aromatic N) is 4. The minimum atomic E-state index is -4.52. The summed E-state index contributed by atoms with van der Waals surface area (Å²) in [5, 5.41) is 12.2. The SMILES string of the molecule is C[C@H](CNc1ccnc(Nc2cnn(C)c2)n1)NC(=O)CC(F)(F)F. The van der Waals surface area contributed by atoms with Gasteiger partial charge in [0, 0.05) is 32.0 Å². The first kappa shape index (κ1) is 18.5. The molecule has 8 nitrogen and oxygen atoms in total. The van der Waals surface area contributed by atoms with E-state index in [9.17, 15) is 18.0 Å². The van der Waals surface area contributed by atoms with Crippen LogP contribution in [0.2, 0.25) is 0 Å². The normalized spacial score (nSPS) is 12.5. The molecule has 0 spiro atoms. The van der Waals surface area contributed by atoms with Gasteiger partial charge in [-0.2, -0.15) is 23.3 Å². The first-order valence-corrected chi connectivity index (χ1v) is 7.40. The molecule has 0 aromatic carbocycles. The van der Waals surface area contributed by atoms with Gasteiger partial charge in [-0.1, -0.05) is 0 Å². The van der Waals surface area contributed by atoms with Crippen molar-refractivity contribution in [2.24, 2.45) is 7.05 Å². The number of hydrogen-bond acceptors (Lipinski definition) is 6. The Hall–Kier alpha value is -2.85. The van der Waals surface area contributed by atoms with E-state index in [2.05, 4.69) is 31.0 Å². The third kappa shape index (κ3) is 6.65. The fourth-order valence-electron chi connectivity index (χ4n) is 1.95. The number of hydrogen-bond donors (Lipinski definition) is 3. The Morgan fingerprint density at radius 1 is 1.40 bits per heavy atom. The van der Waals surface area contributed by atoms with Crippen molar-refractivity contribution in [2.45, 2.75) is 25.6 Å².